The molecule has 2 heterocycles. The van der Waals surface area contributed by atoms with Gasteiger partial charge < -0.3 is 10.2 Å². The summed E-state index contributed by atoms with van der Waals surface area (Å²) in [6.45, 7) is 4.01. The van der Waals surface area contributed by atoms with Gasteiger partial charge in [-0.3, -0.25) is 14.6 Å². The predicted octanol–water partition coefficient (Wildman–Crippen LogP) is 4.23. The number of aryl methyl sites for hydroxylation is 1. The van der Waals surface area contributed by atoms with Crippen molar-refractivity contribution in [2.75, 3.05) is 10.2 Å². The topological polar surface area (TPSA) is 62.3 Å². The molecule has 0 fully saturated rings. The first kappa shape index (κ1) is 17.9. The number of fused-ring (bicyclic) bond motifs is 1. The first-order valence-corrected chi connectivity index (χ1v) is 9.28. The number of aromatic nitrogens is 1. The van der Waals surface area contributed by atoms with Gasteiger partial charge in [0, 0.05) is 29.2 Å². The average molecular weight is 371 g/mol. The Morgan fingerprint density at radius 3 is 2.61 bits per heavy atom. The molecule has 0 radical (unpaired) electrons. The third kappa shape index (κ3) is 3.39. The quantitative estimate of drug-likeness (QED) is 0.749. The van der Waals surface area contributed by atoms with E-state index in [0.29, 0.717) is 11.3 Å². The lowest BCUT2D eigenvalue weighted by molar-refractivity contribution is 0.0976. The zero-order valence-electron chi connectivity index (χ0n) is 15.8. The molecule has 1 aliphatic rings. The van der Waals surface area contributed by atoms with Gasteiger partial charge in [0.1, 0.15) is 5.69 Å². The molecule has 1 aromatic heterocycles. The number of carbonyl (C=O) groups is 2. The molecular weight excluding hydrogens is 350 g/mol. The van der Waals surface area contributed by atoms with Crippen molar-refractivity contribution in [1.29, 1.82) is 0 Å². The van der Waals surface area contributed by atoms with Crippen molar-refractivity contribution in [1.82, 2.24) is 4.98 Å². The zero-order chi connectivity index (χ0) is 19.7. The summed E-state index contributed by atoms with van der Waals surface area (Å²) in [7, 11) is 0. The second kappa shape index (κ2) is 7.27. The molecule has 0 saturated carbocycles. The first-order valence-electron chi connectivity index (χ1n) is 9.28. The van der Waals surface area contributed by atoms with Crippen LogP contribution in [0.2, 0.25) is 0 Å². The van der Waals surface area contributed by atoms with Crippen LogP contribution in [0.25, 0.3) is 0 Å². The third-order valence-electron chi connectivity index (χ3n) is 4.98. The second-order valence-electron chi connectivity index (χ2n) is 7.11. The van der Waals surface area contributed by atoms with Crippen LogP contribution >= 0.6 is 0 Å². The smallest absolute Gasteiger partial charge is 0.277 e. The second-order valence-corrected chi connectivity index (χ2v) is 7.11. The molecule has 1 unspecified atom stereocenters. The summed E-state index contributed by atoms with van der Waals surface area (Å²) in [6.07, 6.45) is 2.32. The van der Waals surface area contributed by atoms with E-state index >= 15 is 0 Å². The minimum Gasteiger partial charge on any atom is -0.322 e. The van der Waals surface area contributed by atoms with Crippen LogP contribution in [0, 0.1) is 6.92 Å². The SMILES string of the molecule is Cc1ccc(NC(=O)c2ccnc(C(=O)N3c4ccccc4CC3C)c2)cc1. The lowest BCUT2D eigenvalue weighted by Crippen LogP contribution is -2.36. The van der Waals surface area contributed by atoms with Crippen LogP contribution in [-0.2, 0) is 6.42 Å². The maximum Gasteiger partial charge on any atom is 0.277 e. The number of benzene rings is 2. The average Bonchev–Trinajstić information content (AvgIpc) is 3.05. The van der Waals surface area contributed by atoms with Crippen molar-refractivity contribution in [2.24, 2.45) is 0 Å². The lowest BCUT2D eigenvalue weighted by Gasteiger charge is -2.22. The number of pyridine rings is 1. The monoisotopic (exact) mass is 371 g/mol. The van der Waals surface area contributed by atoms with Crippen LogP contribution in [0.15, 0.2) is 66.9 Å². The molecule has 5 heteroatoms. The highest BCUT2D eigenvalue weighted by Crippen LogP contribution is 2.32. The van der Waals surface area contributed by atoms with Crippen molar-refractivity contribution in [3.63, 3.8) is 0 Å². The molecule has 1 N–H and O–H groups in total. The molecule has 0 aliphatic carbocycles. The van der Waals surface area contributed by atoms with E-state index in [1.165, 1.54) is 6.20 Å². The maximum atomic E-state index is 13.1. The number of hydrogen-bond acceptors (Lipinski definition) is 3. The number of amides is 2. The molecule has 2 aromatic carbocycles. The van der Waals surface area contributed by atoms with E-state index in [1.54, 1.807) is 17.0 Å². The van der Waals surface area contributed by atoms with Gasteiger partial charge in [0.15, 0.2) is 0 Å². The number of carbonyl (C=O) groups excluding carboxylic acids is 2. The molecule has 0 spiro atoms. The summed E-state index contributed by atoms with van der Waals surface area (Å²) in [5, 5.41) is 2.85. The maximum absolute atomic E-state index is 13.1. The largest absolute Gasteiger partial charge is 0.322 e. The van der Waals surface area contributed by atoms with Gasteiger partial charge in [-0.15, -0.1) is 0 Å². The highest BCUT2D eigenvalue weighted by atomic mass is 16.2. The number of hydrogen-bond donors (Lipinski definition) is 1. The third-order valence-corrected chi connectivity index (χ3v) is 4.98. The Hall–Kier alpha value is -3.47. The van der Waals surface area contributed by atoms with Crippen LogP contribution in [0.5, 0.6) is 0 Å². The van der Waals surface area contributed by atoms with E-state index in [-0.39, 0.29) is 23.6 Å². The number of nitrogens with one attached hydrogen (secondary N) is 1. The van der Waals surface area contributed by atoms with Gasteiger partial charge in [0.05, 0.1) is 0 Å². The molecule has 0 bridgehead atoms. The van der Waals surface area contributed by atoms with Crippen LogP contribution in [0.1, 0.15) is 38.9 Å². The molecule has 3 aromatic rings. The summed E-state index contributed by atoms with van der Waals surface area (Å²) in [6, 6.07) is 18.7. The Kier molecular flexibility index (Phi) is 4.65. The minimum absolute atomic E-state index is 0.0525. The summed E-state index contributed by atoms with van der Waals surface area (Å²) < 4.78 is 0. The van der Waals surface area contributed by atoms with Gasteiger partial charge in [0.25, 0.3) is 11.8 Å². The Morgan fingerprint density at radius 2 is 1.82 bits per heavy atom. The first-order chi connectivity index (χ1) is 13.5. The Balaban J connectivity index is 1.57. The highest BCUT2D eigenvalue weighted by Gasteiger charge is 2.32. The van der Waals surface area contributed by atoms with E-state index in [0.717, 1.165) is 23.2 Å². The Bertz CT molecular complexity index is 1040. The molecule has 4 rings (SSSR count). The zero-order valence-corrected chi connectivity index (χ0v) is 15.8. The number of rotatable bonds is 3. The molecule has 2 amide bonds. The minimum atomic E-state index is -0.268. The number of para-hydroxylation sites is 1. The molecule has 1 atom stereocenters. The van der Waals surface area contributed by atoms with Crippen molar-refractivity contribution >= 4 is 23.2 Å². The van der Waals surface area contributed by atoms with E-state index in [4.69, 9.17) is 0 Å². The Morgan fingerprint density at radius 1 is 1.07 bits per heavy atom. The van der Waals surface area contributed by atoms with Crippen molar-refractivity contribution in [2.45, 2.75) is 26.3 Å². The van der Waals surface area contributed by atoms with Crippen LogP contribution in [-0.4, -0.2) is 22.8 Å². The molecular formula is C23H21N3O2. The van der Waals surface area contributed by atoms with Crippen molar-refractivity contribution < 1.29 is 9.59 Å². The number of anilines is 2. The fourth-order valence-corrected chi connectivity index (χ4v) is 3.53. The molecule has 28 heavy (non-hydrogen) atoms. The van der Waals surface area contributed by atoms with Gasteiger partial charge in [-0.1, -0.05) is 35.9 Å². The Labute approximate surface area is 164 Å². The van der Waals surface area contributed by atoms with Gasteiger partial charge in [-0.05, 0) is 56.2 Å². The van der Waals surface area contributed by atoms with Gasteiger partial charge in [-0.2, -0.15) is 0 Å². The lowest BCUT2D eigenvalue weighted by atomic mass is 10.1. The molecule has 5 nitrogen and oxygen atoms in total. The van der Waals surface area contributed by atoms with Gasteiger partial charge in [-0.25, -0.2) is 0 Å². The van der Waals surface area contributed by atoms with Gasteiger partial charge >= 0.3 is 0 Å². The number of nitrogens with zero attached hydrogens (tertiary/aromatic N) is 2. The van der Waals surface area contributed by atoms with Crippen LogP contribution < -0.4 is 10.2 Å². The molecule has 1 aliphatic heterocycles. The van der Waals surface area contributed by atoms with E-state index < -0.39 is 0 Å². The van der Waals surface area contributed by atoms with Crippen LogP contribution in [0.3, 0.4) is 0 Å². The molecule has 140 valence electrons. The fraction of sp³-hybridized carbons (Fsp3) is 0.174. The highest BCUT2D eigenvalue weighted by molar-refractivity contribution is 6.09. The van der Waals surface area contributed by atoms with Gasteiger partial charge in [0.2, 0.25) is 0 Å². The van der Waals surface area contributed by atoms with Crippen LogP contribution in [0.4, 0.5) is 11.4 Å². The summed E-state index contributed by atoms with van der Waals surface area (Å²) in [5.74, 6) is -0.461. The normalized spacial score (nSPS) is 15.2. The van der Waals surface area contributed by atoms with E-state index in [1.807, 2.05) is 62.4 Å². The van der Waals surface area contributed by atoms with E-state index in [9.17, 15) is 9.59 Å². The fourth-order valence-electron chi connectivity index (χ4n) is 3.53. The summed E-state index contributed by atoms with van der Waals surface area (Å²) >= 11 is 0. The van der Waals surface area contributed by atoms with Crippen molar-refractivity contribution in [3.8, 4) is 0 Å². The molecule has 0 saturated heterocycles. The van der Waals surface area contributed by atoms with E-state index in [2.05, 4.69) is 10.3 Å². The standard InChI is InChI=1S/C23H21N3O2/c1-15-7-9-19(10-8-15)25-22(27)18-11-12-24-20(14-18)23(28)26-16(2)13-17-5-3-4-6-21(17)26/h3-12,14,16H,13H2,1-2H3,(H,25,27). The summed E-state index contributed by atoms with van der Waals surface area (Å²) in [5.41, 5.74) is 4.56. The predicted molar refractivity (Wildman–Crippen MR) is 110 cm³/mol. The summed E-state index contributed by atoms with van der Waals surface area (Å²) in [4.78, 5) is 31.7. The van der Waals surface area contributed by atoms with Crippen molar-refractivity contribution in [3.05, 3.63) is 89.2 Å².